The SMILES string of the molecule is C[C@H](CO)NS(=O)(=O)c1ccc(Cl)nc1. The smallest absolute Gasteiger partial charge is 0.242 e. The van der Waals surface area contributed by atoms with Crippen LogP contribution in [-0.4, -0.2) is 31.2 Å². The maximum Gasteiger partial charge on any atom is 0.242 e. The van der Waals surface area contributed by atoms with E-state index in [1.807, 2.05) is 0 Å². The van der Waals surface area contributed by atoms with Crippen LogP contribution in [0.1, 0.15) is 6.92 Å². The van der Waals surface area contributed by atoms with Crippen LogP contribution in [0.3, 0.4) is 0 Å². The fourth-order valence-electron chi connectivity index (χ4n) is 0.891. The standard InChI is InChI=1S/C8H11ClN2O3S/c1-6(5-12)11-15(13,14)7-2-3-8(9)10-4-7/h2-4,6,11-12H,5H2,1H3/t6-/m1/s1. The summed E-state index contributed by atoms with van der Waals surface area (Å²) in [6.07, 6.45) is 1.16. The Morgan fingerprint density at radius 3 is 2.73 bits per heavy atom. The zero-order valence-corrected chi connectivity index (χ0v) is 9.59. The minimum absolute atomic E-state index is 0.0206. The first kappa shape index (κ1) is 12.4. The van der Waals surface area contributed by atoms with E-state index in [-0.39, 0.29) is 16.7 Å². The van der Waals surface area contributed by atoms with Gasteiger partial charge in [-0.25, -0.2) is 18.1 Å². The van der Waals surface area contributed by atoms with Gasteiger partial charge in [-0.2, -0.15) is 0 Å². The summed E-state index contributed by atoms with van der Waals surface area (Å²) in [6.45, 7) is 1.29. The largest absolute Gasteiger partial charge is 0.395 e. The molecule has 0 aliphatic heterocycles. The molecule has 5 nitrogen and oxygen atoms in total. The third kappa shape index (κ3) is 3.42. The van der Waals surface area contributed by atoms with Gasteiger partial charge in [0.1, 0.15) is 10.0 Å². The third-order valence-corrected chi connectivity index (χ3v) is 3.44. The number of aromatic nitrogens is 1. The highest BCUT2D eigenvalue weighted by molar-refractivity contribution is 7.89. The van der Waals surface area contributed by atoms with Crippen molar-refractivity contribution in [2.24, 2.45) is 0 Å². The first-order chi connectivity index (χ1) is 6.95. The van der Waals surface area contributed by atoms with E-state index in [4.69, 9.17) is 16.7 Å². The van der Waals surface area contributed by atoms with Crippen LogP contribution in [0.25, 0.3) is 0 Å². The molecule has 0 radical (unpaired) electrons. The molecular weight excluding hydrogens is 240 g/mol. The van der Waals surface area contributed by atoms with Crippen LogP contribution in [0, 0.1) is 0 Å². The van der Waals surface area contributed by atoms with Gasteiger partial charge in [-0.15, -0.1) is 0 Å². The average molecular weight is 251 g/mol. The van der Waals surface area contributed by atoms with E-state index in [2.05, 4.69) is 9.71 Å². The molecule has 0 amide bonds. The van der Waals surface area contributed by atoms with Crippen LogP contribution in [0.15, 0.2) is 23.2 Å². The lowest BCUT2D eigenvalue weighted by molar-refractivity contribution is 0.265. The average Bonchev–Trinajstić information content (AvgIpc) is 2.17. The Bertz CT molecular complexity index is 418. The number of halogens is 1. The van der Waals surface area contributed by atoms with Crippen LogP contribution < -0.4 is 4.72 Å². The maximum atomic E-state index is 11.6. The van der Waals surface area contributed by atoms with E-state index in [1.165, 1.54) is 12.1 Å². The Morgan fingerprint density at radius 1 is 1.60 bits per heavy atom. The number of nitrogens with zero attached hydrogens (tertiary/aromatic N) is 1. The molecule has 1 heterocycles. The highest BCUT2D eigenvalue weighted by Gasteiger charge is 2.16. The van der Waals surface area contributed by atoms with Crippen LogP contribution in [-0.2, 0) is 10.0 Å². The molecule has 0 aliphatic carbocycles. The van der Waals surface area contributed by atoms with Gasteiger partial charge >= 0.3 is 0 Å². The van der Waals surface area contributed by atoms with Crippen molar-refractivity contribution >= 4 is 21.6 Å². The fraction of sp³-hybridized carbons (Fsp3) is 0.375. The maximum absolute atomic E-state index is 11.6. The number of aliphatic hydroxyl groups is 1. The molecular formula is C8H11ClN2O3S. The zero-order chi connectivity index (χ0) is 11.5. The van der Waals surface area contributed by atoms with Crippen molar-refractivity contribution in [3.63, 3.8) is 0 Å². The van der Waals surface area contributed by atoms with E-state index >= 15 is 0 Å². The predicted molar refractivity (Wildman–Crippen MR) is 56.1 cm³/mol. The predicted octanol–water partition coefficient (Wildman–Crippen LogP) is 0.394. The molecule has 7 heteroatoms. The molecule has 2 N–H and O–H groups in total. The summed E-state index contributed by atoms with van der Waals surface area (Å²) < 4.78 is 25.5. The quantitative estimate of drug-likeness (QED) is 0.758. The number of aliphatic hydroxyl groups excluding tert-OH is 1. The number of rotatable bonds is 4. The molecule has 0 fully saturated rings. The van der Waals surface area contributed by atoms with Gasteiger partial charge in [0.05, 0.1) is 6.61 Å². The Morgan fingerprint density at radius 2 is 2.27 bits per heavy atom. The van der Waals surface area contributed by atoms with Crippen LogP contribution >= 0.6 is 11.6 Å². The van der Waals surface area contributed by atoms with Crippen molar-refractivity contribution in [1.29, 1.82) is 0 Å². The van der Waals surface area contributed by atoms with E-state index in [9.17, 15) is 8.42 Å². The molecule has 1 atom stereocenters. The Hall–Kier alpha value is -0.690. The van der Waals surface area contributed by atoms with Gasteiger partial charge in [0.25, 0.3) is 0 Å². The molecule has 0 saturated carbocycles. The Kier molecular flexibility index (Phi) is 4.04. The van der Waals surface area contributed by atoms with Crippen molar-refractivity contribution in [2.45, 2.75) is 17.9 Å². The minimum atomic E-state index is -3.62. The zero-order valence-electron chi connectivity index (χ0n) is 8.01. The summed E-state index contributed by atoms with van der Waals surface area (Å²) in [4.78, 5) is 3.68. The molecule has 1 rings (SSSR count). The Balaban J connectivity index is 2.91. The summed E-state index contributed by atoms with van der Waals surface area (Å²) in [5.41, 5.74) is 0. The van der Waals surface area contributed by atoms with Crippen molar-refractivity contribution in [1.82, 2.24) is 9.71 Å². The highest BCUT2D eigenvalue weighted by atomic mass is 35.5. The molecule has 0 aromatic carbocycles. The van der Waals surface area contributed by atoms with Crippen molar-refractivity contribution < 1.29 is 13.5 Å². The molecule has 1 aromatic heterocycles. The second kappa shape index (κ2) is 4.89. The van der Waals surface area contributed by atoms with Gasteiger partial charge in [-0.3, -0.25) is 0 Å². The van der Waals surface area contributed by atoms with E-state index < -0.39 is 16.1 Å². The third-order valence-electron chi connectivity index (χ3n) is 1.64. The van der Waals surface area contributed by atoms with Crippen LogP contribution in [0.4, 0.5) is 0 Å². The van der Waals surface area contributed by atoms with E-state index in [0.717, 1.165) is 6.20 Å². The highest BCUT2D eigenvalue weighted by Crippen LogP contribution is 2.10. The van der Waals surface area contributed by atoms with Gasteiger partial charge in [-0.1, -0.05) is 11.6 Å². The summed E-state index contributed by atoms with van der Waals surface area (Å²) in [5, 5.41) is 8.95. The first-order valence-corrected chi connectivity index (χ1v) is 6.06. The van der Waals surface area contributed by atoms with Gasteiger partial charge < -0.3 is 5.11 Å². The normalized spacial score (nSPS) is 13.8. The van der Waals surface area contributed by atoms with E-state index in [0.29, 0.717) is 0 Å². The molecule has 0 unspecified atom stereocenters. The molecule has 0 aliphatic rings. The fourth-order valence-corrected chi connectivity index (χ4v) is 2.18. The Labute approximate surface area is 93.2 Å². The summed E-state index contributed by atoms with van der Waals surface area (Å²) in [7, 11) is -3.62. The molecule has 1 aromatic rings. The van der Waals surface area contributed by atoms with Crippen LogP contribution in [0.2, 0.25) is 5.15 Å². The number of hydrogen-bond acceptors (Lipinski definition) is 4. The summed E-state index contributed by atoms with van der Waals surface area (Å²) in [5.74, 6) is 0. The number of nitrogens with one attached hydrogen (secondary N) is 1. The second-order valence-electron chi connectivity index (χ2n) is 3.02. The van der Waals surface area contributed by atoms with Crippen molar-refractivity contribution in [3.05, 3.63) is 23.5 Å². The lowest BCUT2D eigenvalue weighted by atomic mass is 10.4. The summed E-state index contributed by atoms with van der Waals surface area (Å²) >= 11 is 5.53. The lowest BCUT2D eigenvalue weighted by Crippen LogP contribution is -2.35. The van der Waals surface area contributed by atoms with Gasteiger partial charge in [0.2, 0.25) is 10.0 Å². The number of hydrogen-bond donors (Lipinski definition) is 2. The van der Waals surface area contributed by atoms with Crippen molar-refractivity contribution in [3.8, 4) is 0 Å². The van der Waals surface area contributed by atoms with Crippen LogP contribution in [0.5, 0.6) is 0 Å². The molecule has 0 bridgehead atoms. The molecule has 0 saturated heterocycles. The lowest BCUT2D eigenvalue weighted by Gasteiger charge is -2.10. The van der Waals surface area contributed by atoms with Gasteiger partial charge in [0, 0.05) is 12.2 Å². The monoisotopic (exact) mass is 250 g/mol. The number of sulfonamides is 1. The number of pyridine rings is 1. The molecule has 0 spiro atoms. The topological polar surface area (TPSA) is 79.3 Å². The van der Waals surface area contributed by atoms with Gasteiger partial charge in [0.15, 0.2) is 0 Å². The van der Waals surface area contributed by atoms with Crippen molar-refractivity contribution in [2.75, 3.05) is 6.61 Å². The summed E-state index contributed by atoms with van der Waals surface area (Å²) in [6, 6.07) is 2.20. The molecule has 15 heavy (non-hydrogen) atoms. The minimum Gasteiger partial charge on any atom is -0.395 e. The second-order valence-corrected chi connectivity index (χ2v) is 5.12. The molecule has 84 valence electrons. The van der Waals surface area contributed by atoms with Gasteiger partial charge in [-0.05, 0) is 19.1 Å². The van der Waals surface area contributed by atoms with E-state index in [1.54, 1.807) is 6.92 Å². The first-order valence-electron chi connectivity index (χ1n) is 4.20.